The molecule has 0 spiro atoms. The molecule has 0 fully saturated rings. The van der Waals surface area contributed by atoms with Gasteiger partial charge in [0.2, 0.25) is 5.89 Å². The van der Waals surface area contributed by atoms with E-state index in [2.05, 4.69) is 15.2 Å². The SMILES string of the molecule is C[C@@H](Sc1nccn1-c1cccc(F)c1)c1nnc(-c2cccs2)o1. The van der Waals surface area contributed by atoms with Crippen molar-refractivity contribution in [2.24, 2.45) is 0 Å². The largest absolute Gasteiger partial charge is 0.419 e. The fourth-order valence-corrected chi connectivity index (χ4v) is 3.86. The number of thioether (sulfide) groups is 1. The average Bonchev–Trinajstić information content (AvgIpc) is 3.35. The molecule has 0 bridgehead atoms. The van der Waals surface area contributed by atoms with E-state index in [4.69, 9.17) is 4.42 Å². The van der Waals surface area contributed by atoms with Crippen LogP contribution in [0.3, 0.4) is 0 Å². The molecule has 4 rings (SSSR count). The summed E-state index contributed by atoms with van der Waals surface area (Å²) < 4.78 is 21.1. The molecule has 0 aliphatic rings. The van der Waals surface area contributed by atoms with E-state index in [0.717, 1.165) is 15.7 Å². The number of benzene rings is 1. The standard InChI is InChI=1S/C17H13FN4OS2/c1-11(15-20-21-16(23-15)14-6-3-9-24-14)25-17-19-7-8-22(17)13-5-2-4-12(18)10-13/h2-11H,1H3/t11-/m1/s1. The molecule has 0 unspecified atom stereocenters. The van der Waals surface area contributed by atoms with E-state index < -0.39 is 0 Å². The van der Waals surface area contributed by atoms with Gasteiger partial charge >= 0.3 is 0 Å². The molecule has 1 atom stereocenters. The third kappa shape index (κ3) is 3.35. The lowest BCUT2D eigenvalue weighted by Crippen LogP contribution is -1.98. The van der Waals surface area contributed by atoms with E-state index in [1.165, 1.54) is 23.9 Å². The maximum atomic E-state index is 13.5. The molecule has 126 valence electrons. The highest BCUT2D eigenvalue weighted by Crippen LogP contribution is 2.35. The van der Waals surface area contributed by atoms with Gasteiger partial charge in [-0.25, -0.2) is 9.37 Å². The maximum absolute atomic E-state index is 13.5. The van der Waals surface area contributed by atoms with E-state index in [1.807, 2.05) is 35.1 Å². The van der Waals surface area contributed by atoms with Crippen LogP contribution in [0.2, 0.25) is 0 Å². The molecule has 0 saturated heterocycles. The van der Waals surface area contributed by atoms with Crippen LogP contribution in [0.15, 0.2) is 63.7 Å². The molecular formula is C17H13FN4OS2. The van der Waals surface area contributed by atoms with E-state index in [1.54, 1.807) is 29.8 Å². The van der Waals surface area contributed by atoms with Crippen LogP contribution < -0.4 is 0 Å². The molecule has 0 saturated carbocycles. The van der Waals surface area contributed by atoms with Crippen LogP contribution in [0.5, 0.6) is 0 Å². The number of imidazole rings is 1. The summed E-state index contributed by atoms with van der Waals surface area (Å²) in [5.41, 5.74) is 0.719. The number of hydrogen-bond acceptors (Lipinski definition) is 6. The zero-order chi connectivity index (χ0) is 17.2. The summed E-state index contributed by atoms with van der Waals surface area (Å²) >= 11 is 3.03. The fraction of sp³-hybridized carbons (Fsp3) is 0.118. The number of hydrogen-bond donors (Lipinski definition) is 0. The molecule has 3 heterocycles. The Morgan fingerprint density at radius 2 is 2.16 bits per heavy atom. The Kier molecular flexibility index (Phi) is 4.37. The molecular weight excluding hydrogens is 359 g/mol. The fourth-order valence-electron chi connectivity index (χ4n) is 2.31. The first-order valence-electron chi connectivity index (χ1n) is 7.54. The molecule has 0 N–H and O–H groups in total. The van der Waals surface area contributed by atoms with Gasteiger partial charge in [0.15, 0.2) is 5.16 Å². The van der Waals surface area contributed by atoms with E-state index in [9.17, 15) is 4.39 Å². The van der Waals surface area contributed by atoms with Gasteiger partial charge in [-0.15, -0.1) is 21.5 Å². The van der Waals surface area contributed by atoms with Gasteiger partial charge in [-0.1, -0.05) is 23.9 Å². The lowest BCUT2D eigenvalue weighted by molar-refractivity contribution is 0.510. The highest BCUT2D eigenvalue weighted by Gasteiger charge is 2.19. The second-order valence-electron chi connectivity index (χ2n) is 5.24. The van der Waals surface area contributed by atoms with Gasteiger partial charge in [0.05, 0.1) is 15.8 Å². The van der Waals surface area contributed by atoms with Crippen molar-refractivity contribution < 1.29 is 8.81 Å². The number of nitrogens with zero attached hydrogens (tertiary/aromatic N) is 4. The Morgan fingerprint density at radius 3 is 2.96 bits per heavy atom. The summed E-state index contributed by atoms with van der Waals surface area (Å²) in [6.45, 7) is 1.97. The monoisotopic (exact) mass is 372 g/mol. The first-order valence-corrected chi connectivity index (χ1v) is 9.30. The highest BCUT2D eigenvalue weighted by molar-refractivity contribution is 7.99. The minimum absolute atomic E-state index is 0.0871. The third-order valence-corrected chi connectivity index (χ3v) is 5.42. The van der Waals surface area contributed by atoms with E-state index in [-0.39, 0.29) is 11.1 Å². The third-order valence-electron chi connectivity index (χ3n) is 3.50. The second-order valence-corrected chi connectivity index (χ2v) is 7.50. The predicted molar refractivity (Wildman–Crippen MR) is 95.4 cm³/mol. The van der Waals surface area contributed by atoms with Crippen molar-refractivity contribution >= 4 is 23.1 Å². The van der Waals surface area contributed by atoms with Crippen molar-refractivity contribution in [3.05, 3.63) is 65.9 Å². The summed E-state index contributed by atoms with van der Waals surface area (Å²) in [6, 6.07) is 10.3. The molecule has 0 radical (unpaired) electrons. The average molecular weight is 372 g/mol. The van der Waals surface area contributed by atoms with Crippen molar-refractivity contribution in [3.63, 3.8) is 0 Å². The van der Waals surface area contributed by atoms with E-state index in [0.29, 0.717) is 11.8 Å². The normalized spacial score (nSPS) is 12.4. The van der Waals surface area contributed by atoms with Gasteiger partial charge in [-0.05, 0) is 36.6 Å². The molecule has 5 nitrogen and oxygen atoms in total. The zero-order valence-electron chi connectivity index (χ0n) is 13.2. The Bertz CT molecular complexity index is 980. The van der Waals surface area contributed by atoms with Gasteiger partial charge in [-0.2, -0.15) is 0 Å². The number of halogens is 1. The maximum Gasteiger partial charge on any atom is 0.257 e. The summed E-state index contributed by atoms with van der Waals surface area (Å²) in [6.07, 6.45) is 3.49. The van der Waals surface area contributed by atoms with Crippen molar-refractivity contribution in [2.75, 3.05) is 0 Å². The number of rotatable bonds is 5. The predicted octanol–water partition coefficient (Wildman–Crippen LogP) is 4.98. The molecule has 0 amide bonds. The minimum atomic E-state index is -0.285. The van der Waals surface area contributed by atoms with Crippen LogP contribution in [0.4, 0.5) is 4.39 Å². The Hall–Kier alpha value is -2.45. The van der Waals surface area contributed by atoms with Crippen molar-refractivity contribution in [3.8, 4) is 16.5 Å². The van der Waals surface area contributed by atoms with Crippen molar-refractivity contribution in [1.82, 2.24) is 19.7 Å². The van der Waals surface area contributed by atoms with Gasteiger partial charge in [0, 0.05) is 12.4 Å². The topological polar surface area (TPSA) is 56.7 Å². The first-order chi connectivity index (χ1) is 12.2. The smallest absolute Gasteiger partial charge is 0.257 e. The van der Waals surface area contributed by atoms with Crippen LogP contribution in [0, 0.1) is 5.82 Å². The molecule has 3 aromatic heterocycles. The zero-order valence-corrected chi connectivity index (χ0v) is 14.8. The highest BCUT2D eigenvalue weighted by atomic mass is 32.2. The number of thiophene rings is 1. The van der Waals surface area contributed by atoms with Gasteiger partial charge in [0.1, 0.15) is 5.82 Å². The molecule has 4 aromatic rings. The van der Waals surface area contributed by atoms with Crippen LogP contribution >= 0.6 is 23.1 Å². The second kappa shape index (κ2) is 6.81. The molecule has 8 heteroatoms. The number of aromatic nitrogens is 4. The Balaban J connectivity index is 1.56. The Morgan fingerprint density at radius 1 is 1.24 bits per heavy atom. The van der Waals surface area contributed by atoms with E-state index >= 15 is 0 Å². The van der Waals surface area contributed by atoms with Crippen LogP contribution in [-0.2, 0) is 0 Å². The molecule has 25 heavy (non-hydrogen) atoms. The first kappa shape index (κ1) is 16.0. The Labute approximate surface area is 151 Å². The molecule has 0 aliphatic carbocycles. The van der Waals surface area contributed by atoms with Crippen molar-refractivity contribution in [2.45, 2.75) is 17.3 Å². The lowest BCUT2D eigenvalue weighted by Gasteiger charge is -2.10. The summed E-state index contributed by atoms with van der Waals surface area (Å²) in [5.74, 6) is 0.765. The molecule has 0 aliphatic heterocycles. The summed E-state index contributed by atoms with van der Waals surface area (Å²) in [7, 11) is 0. The summed E-state index contributed by atoms with van der Waals surface area (Å²) in [5, 5.41) is 10.9. The molecule has 1 aromatic carbocycles. The van der Waals surface area contributed by atoms with Gasteiger partial charge < -0.3 is 4.42 Å². The van der Waals surface area contributed by atoms with Crippen LogP contribution in [0.1, 0.15) is 18.1 Å². The van der Waals surface area contributed by atoms with Crippen molar-refractivity contribution in [1.29, 1.82) is 0 Å². The van der Waals surface area contributed by atoms with Crippen LogP contribution in [-0.4, -0.2) is 19.7 Å². The summed E-state index contributed by atoms with van der Waals surface area (Å²) in [4.78, 5) is 5.30. The minimum Gasteiger partial charge on any atom is -0.419 e. The van der Waals surface area contributed by atoms with Gasteiger partial charge in [0.25, 0.3) is 5.89 Å². The quantitative estimate of drug-likeness (QED) is 0.463. The van der Waals surface area contributed by atoms with Gasteiger partial charge in [-0.3, -0.25) is 4.57 Å². The van der Waals surface area contributed by atoms with Crippen LogP contribution in [0.25, 0.3) is 16.5 Å². The lowest BCUT2D eigenvalue weighted by atomic mass is 10.3.